The summed E-state index contributed by atoms with van der Waals surface area (Å²) in [6.45, 7) is 3.77. The SMILES string of the molecule is O=C(C[NH2+]C[C@@H]1CCCO1)NC[C@H]1CCCO1. The minimum absolute atomic E-state index is 0.0958. The highest BCUT2D eigenvalue weighted by molar-refractivity contribution is 5.76. The number of ether oxygens (including phenoxy) is 2. The second kappa shape index (κ2) is 6.93. The third-order valence-electron chi connectivity index (χ3n) is 3.33. The lowest BCUT2D eigenvalue weighted by molar-refractivity contribution is -0.650. The molecule has 5 nitrogen and oxygen atoms in total. The van der Waals surface area contributed by atoms with Crippen LogP contribution in [0.4, 0.5) is 0 Å². The van der Waals surface area contributed by atoms with Gasteiger partial charge in [-0.15, -0.1) is 0 Å². The summed E-state index contributed by atoms with van der Waals surface area (Å²) in [5, 5.41) is 4.94. The molecular formula is C12H23N2O3+. The van der Waals surface area contributed by atoms with Crippen molar-refractivity contribution in [2.75, 3.05) is 32.8 Å². The van der Waals surface area contributed by atoms with Gasteiger partial charge in [-0.1, -0.05) is 0 Å². The first-order chi connectivity index (χ1) is 8.34. The summed E-state index contributed by atoms with van der Waals surface area (Å²) in [5.74, 6) is 0.0958. The van der Waals surface area contributed by atoms with Crippen LogP contribution in [0.1, 0.15) is 25.7 Å². The number of nitrogens with two attached hydrogens (primary N) is 1. The molecule has 98 valence electrons. The molecule has 2 heterocycles. The molecule has 1 amide bonds. The Hall–Kier alpha value is -0.650. The minimum atomic E-state index is 0.0958. The zero-order valence-electron chi connectivity index (χ0n) is 10.3. The summed E-state index contributed by atoms with van der Waals surface area (Å²) in [4.78, 5) is 11.5. The van der Waals surface area contributed by atoms with E-state index in [1.807, 2.05) is 5.32 Å². The van der Waals surface area contributed by atoms with E-state index in [0.29, 0.717) is 19.2 Å². The van der Waals surface area contributed by atoms with Gasteiger partial charge in [-0.05, 0) is 25.7 Å². The maximum atomic E-state index is 11.5. The normalized spacial score (nSPS) is 28.5. The van der Waals surface area contributed by atoms with Crippen LogP contribution in [0, 0.1) is 0 Å². The van der Waals surface area contributed by atoms with Crippen LogP contribution in [0.15, 0.2) is 0 Å². The molecule has 3 N–H and O–H groups in total. The quantitative estimate of drug-likeness (QED) is 0.630. The molecule has 2 atom stereocenters. The van der Waals surface area contributed by atoms with Crippen molar-refractivity contribution in [3.05, 3.63) is 0 Å². The highest BCUT2D eigenvalue weighted by atomic mass is 16.5. The van der Waals surface area contributed by atoms with Crippen LogP contribution in [-0.2, 0) is 14.3 Å². The van der Waals surface area contributed by atoms with Crippen LogP contribution in [0.3, 0.4) is 0 Å². The van der Waals surface area contributed by atoms with E-state index in [0.717, 1.165) is 45.4 Å². The Labute approximate surface area is 102 Å². The number of rotatable bonds is 6. The van der Waals surface area contributed by atoms with Crippen molar-refractivity contribution in [3.8, 4) is 0 Å². The molecule has 0 aliphatic carbocycles. The van der Waals surface area contributed by atoms with E-state index >= 15 is 0 Å². The molecule has 0 aromatic rings. The Balaban J connectivity index is 1.48. The fourth-order valence-electron chi connectivity index (χ4n) is 2.34. The molecule has 2 aliphatic heterocycles. The second-order valence-electron chi connectivity index (χ2n) is 4.80. The van der Waals surface area contributed by atoms with E-state index in [2.05, 4.69) is 5.32 Å². The fraction of sp³-hybridized carbons (Fsp3) is 0.917. The average Bonchev–Trinajstić information content (AvgIpc) is 2.99. The van der Waals surface area contributed by atoms with Crippen LogP contribution in [0.5, 0.6) is 0 Å². The van der Waals surface area contributed by atoms with Crippen molar-refractivity contribution in [2.24, 2.45) is 0 Å². The first-order valence-corrected chi connectivity index (χ1v) is 6.66. The monoisotopic (exact) mass is 243 g/mol. The van der Waals surface area contributed by atoms with Crippen LogP contribution in [0.25, 0.3) is 0 Å². The minimum Gasteiger partial charge on any atom is -0.376 e. The molecule has 2 rings (SSSR count). The van der Waals surface area contributed by atoms with Crippen LogP contribution < -0.4 is 10.6 Å². The molecule has 0 aromatic carbocycles. The highest BCUT2D eigenvalue weighted by Crippen LogP contribution is 2.10. The zero-order valence-corrected chi connectivity index (χ0v) is 10.3. The van der Waals surface area contributed by atoms with Gasteiger partial charge < -0.3 is 20.1 Å². The lowest BCUT2D eigenvalue weighted by Gasteiger charge is -2.11. The van der Waals surface area contributed by atoms with Crippen molar-refractivity contribution in [2.45, 2.75) is 37.9 Å². The first-order valence-electron chi connectivity index (χ1n) is 6.66. The van der Waals surface area contributed by atoms with Gasteiger partial charge in [0.1, 0.15) is 12.6 Å². The topological polar surface area (TPSA) is 64.2 Å². The lowest BCUT2D eigenvalue weighted by atomic mass is 10.2. The van der Waals surface area contributed by atoms with Crippen LogP contribution >= 0.6 is 0 Å². The van der Waals surface area contributed by atoms with Gasteiger partial charge in [0.2, 0.25) is 0 Å². The van der Waals surface area contributed by atoms with Gasteiger partial charge in [0.25, 0.3) is 5.91 Å². The molecule has 5 heteroatoms. The Morgan fingerprint density at radius 3 is 2.53 bits per heavy atom. The van der Waals surface area contributed by atoms with Crippen LogP contribution in [0.2, 0.25) is 0 Å². The third kappa shape index (κ3) is 4.61. The Kier molecular flexibility index (Phi) is 5.22. The number of carbonyl (C=O) groups is 1. The average molecular weight is 243 g/mol. The summed E-state index contributed by atoms with van der Waals surface area (Å²) >= 11 is 0. The fourth-order valence-corrected chi connectivity index (χ4v) is 2.34. The predicted molar refractivity (Wildman–Crippen MR) is 62.6 cm³/mol. The summed E-state index contributed by atoms with van der Waals surface area (Å²) in [6, 6.07) is 0. The molecule has 0 saturated carbocycles. The van der Waals surface area contributed by atoms with E-state index in [1.165, 1.54) is 0 Å². The Morgan fingerprint density at radius 2 is 1.88 bits per heavy atom. The van der Waals surface area contributed by atoms with E-state index in [4.69, 9.17) is 9.47 Å². The highest BCUT2D eigenvalue weighted by Gasteiger charge is 2.19. The van der Waals surface area contributed by atoms with Crippen molar-refractivity contribution in [3.63, 3.8) is 0 Å². The summed E-state index contributed by atoms with van der Waals surface area (Å²) in [5.41, 5.74) is 0. The van der Waals surface area contributed by atoms with Crippen LogP contribution in [-0.4, -0.2) is 51.0 Å². The zero-order chi connectivity index (χ0) is 11.9. The van der Waals surface area contributed by atoms with E-state index in [9.17, 15) is 4.79 Å². The first kappa shape index (κ1) is 12.8. The van der Waals surface area contributed by atoms with Gasteiger partial charge >= 0.3 is 0 Å². The molecule has 2 fully saturated rings. The molecule has 0 unspecified atom stereocenters. The number of quaternary nitrogens is 1. The molecule has 0 radical (unpaired) electrons. The third-order valence-corrected chi connectivity index (χ3v) is 3.33. The molecule has 0 spiro atoms. The maximum absolute atomic E-state index is 11.5. The van der Waals surface area contributed by atoms with Crippen molar-refractivity contribution in [1.29, 1.82) is 0 Å². The molecular weight excluding hydrogens is 220 g/mol. The Bertz CT molecular complexity index is 236. The largest absolute Gasteiger partial charge is 0.376 e. The number of carbonyl (C=O) groups excluding carboxylic acids is 1. The predicted octanol–water partition coefficient (Wildman–Crippen LogP) is -0.976. The van der Waals surface area contributed by atoms with E-state index in [1.54, 1.807) is 0 Å². The Morgan fingerprint density at radius 1 is 1.18 bits per heavy atom. The molecule has 2 aliphatic rings. The standard InChI is InChI=1S/C12H22N2O3/c15-12(14-8-11-4-2-6-17-11)9-13-7-10-3-1-5-16-10/h10-11,13H,1-9H2,(H,14,15)/p+1/t10-,11+/m0/s1. The van der Waals surface area contributed by atoms with Crippen molar-refractivity contribution in [1.82, 2.24) is 5.32 Å². The maximum Gasteiger partial charge on any atom is 0.275 e. The van der Waals surface area contributed by atoms with Gasteiger partial charge in [0.05, 0.1) is 6.10 Å². The number of nitrogens with one attached hydrogen (secondary N) is 1. The van der Waals surface area contributed by atoms with Gasteiger partial charge in [-0.25, -0.2) is 0 Å². The van der Waals surface area contributed by atoms with Gasteiger partial charge in [-0.2, -0.15) is 0 Å². The van der Waals surface area contributed by atoms with Crippen molar-refractivity contribution >= 4 is 5.91 Å². The van der Waals surface area contributed by atoms with E-state index < -0.39 is 0 Å². The van der Waals surface area contributed by atoms with E-state index in [-0.39, 0.29) is 12.0 Å². The molecule has 2 saturated heterocycles. The van der Waals surface area contributed by atoms with Gasteiger partial charge in [0.15, 0.2) is 6.54 Å². The molecule has 17 heavy (non-hydrogen) atoms. The second-order valence-corrected chi connectivity index (χ2v) is 4.80. The summed E-state index contributed by atoms with van der Waals surface area (Å²) in [7, 11) is 0. The smallest absolute Gasteiger partial charge is 0.275 e. The number of amides is 1. The summed E-state index contributed by atoms with van der Waals surface area (Å²) < 4.78 is 10.9. The molecule has 0 bridgehead atoms. The molecule has 0 aromatic heterocycles. The summed E-state index contributed by atoms with van der Waals surface area (Å²) in [6.07, 6.45) is 5.06. The van der Waals surface area contributed by atoms with Crippen molar-refractivity contribution < 1.29 is 19.6 Å². The van der Waals surface area contributed by atoms with Gasteiger partial charge in [0, 0.05) is 19.8 Å². The lowest BCUT2D eigenvalue weighted by Crippen LogP contribution is -2.88. The van der Waals surface area contributed by atoms with Gasteiger partial charge in [-0.3, -0.25) is 4.79 Å². The number of hydrogen-bond acceptors (Lipinski definition) is 3. The number of hydrogen-bond donors (Lipinski definition) is 2.